The van der Waals surface area contributed by atoms with Crippen LogP contribution in [0.5, 0.6) is 11.5 Å². The molecule has 31 heavy (non-hydrogen) atoms. The van der Waals surface area contributed by atoms with Crippen LogP contribution >= 0.6 is 0 Å². The minimum Gasteiger partial charge on any atom is -0.493 e. The van der Waals surface area contributed by atoms with Crippen molar-refractivity contribution in [2.45, 2.75) is 33.3 Å². The summed E-state index contributed by atoms with van der Waals surface area (Å²) in [4.78, 5) is 25.9. The number of nitro groups is 1. The average Bonchev–Trinajstić information content (AvgIpc) is 2.75. The Kier molecular flexibility index (Phi) is 7.41. The number of Topliss-reactive ketones (excluding diaryl/α,β-unsaturated/α-hetero) is 1. The van der Waals surface area contributed by atoms with Crippen molar-refractivity contribution >= 4 is 17.5 Å². The van der Waals surface area contributed by atoms with E-state index in [0.717, 1.165) is 30.6 Å². The highest BCUT2D eigenvalue weighted by Crippen LogP contribution is 2.39. The smallest absolute Gasteiger partial charge is 0.315 e. The number of carbonyl (C=O) groups is 1. The molecule has 0 radical (unpaired) electrons. The Hall–Kier alpha value is -3.19. The van der Waals surface area contributed by atoms with Crippen LogP contribution in [0, 0.1) is 17.0 Å². The summed E-state index contributed by atoms with van der Waals surface area (Å²) in [6.45, 7) is 6.47. The molecule has 0 atom stereocenters. The van der Waals surface area contributed by atoms with Gasteiger partial charge in [0.1, 0.15) is 6.61 Å². The minimum atomic E-state index is -0.482. The molecule has 2 aromatic rings. The lowest BCUT2D eigenvalue weighted by atomic mass is 9.99. The normalized spacial score (nSPS) is 15.8. The van der Waals surface area contributed by atoms with E-state index in [9.17, 15) is 14.9 Å². The molecule has 0 bridgehead atoms. The van der Waals surface area contributed by atoms with Crippen LogP contribution in [0.15, 0.2) is 42.0 Å². The van der Waals surface area contributed by atoms with E-state index in [1.807, 2.05) is 31.2 Å². The van der Waals surface area contributed by atoms with Gasteiger partial charge in [-0.25, -0.2) is 0 Å². The van der Waals surface area contributed by atoms with Gasteiger partial charge in [-0.1, -0.05) is 31.2 Å². The fourth-order valence-electron chi connectivity index (χ4n) is 3.71. The largest absolute Gasteiger partial charge is 0.493 e. The van der Waals surface area contributed by atoms with E-state index in [4.69, 9.17) is 9.47 Å². The summed E-state index contributed by atoms with van der Waals surface area (Å²) < 4.78 is 11.3. The van der Waals surface area contributed by atoms with Crippen LogP contribution in [0.25, 0.3) is 6.08 Å². The number of rotatable bonds is 8. The van der Waals surface area contributed by atoms with E-state index in [1.54, 1.807) is 12.1 Å². The highest BCUT2D eigenvalue weighted by molar-refractivity contribution is 6.00. The fourth-order valence-corrected chi connectivity index (χ4v) is 3.71. The van der Waals surface area contributed by atoms with Gasteiger partial charge in [-0.05, 0) is 48.7 Å². The topological polar surface area (TPSA) is 81.9 Å². The lowest BCUT2D eigenvalue weighted by Crippen LogP contribution is -2.36. The molecule has 0 N–H and O–H groups in total. The number of methoxy groups -OCH3 is 1. The summed E-state index contributed by atoms with van der Waals surface area (Å²) in [5.74, 6) is 0.428. The summed E-state index contributed by atoms with van der Waals surface area (Å²) in [5, 5.41) is 11.8. The van der Waals surface area contributed by atoms with E-state index < -0.39 is 4.92 Å². The standard InChI is InChI=1S/C24H28N2O5/c1-4-10-25-11-9-22(27)20(15-25)12-18-13-21(26(28)29)24(23(14-18)30-3)31-16-19-8-6-5-7-17(19)2/h5-8,12-14H,4,9-11,15-16H2,1-3H3/b20-12+. The highest BCUT2D eigenvalue weighted by Gasteiger charge is 2.24. The number of piperidine rings is 1. The molecule has 7 nitrogen and oxygen atoms in total. The van der Waals surface area contributed by atoms with E-state index >= 15 is 0 Å². The zero-order valence-corrected chi connectivity index (χ0v) is 18.2. The van der Waals surface area contributed by atoms with Gasteiger partial charge in [0.25, 0.3) is 0 Å². The minimum absolute atomic E-state index is 0.0776. The summed E-state index contributed by atoms with van der Waals surface area (Å²) in [5.41, 5.74) is 3.00. The van der Waals surface area contributed by atoms with E-state index in [2.05, 4.69) is 11.8 Å². The van der Waals surface area contributed by atoms with Gasteiger partial charge in [0.15, 0.2) is 11.5 Å². The van der Waals surface area contributed by atoms with Gasteiger partial charge in [-0.2, -0.15) is 0 Å². The van der Waals surface area contributed by atoms with Crippen molar-refractivity contribution in [1.82, 2.24) is 4.90 Å². The maximum Gasteiger partial charge on any atom is 0.315 e. The molecule has 3 rings (SSSR count). The van der Waals surface area contributed by atoms with Gasteiger partial charge in [0.05, 0.1) is 12.0 Å². The number of ether oxygens (including phenoxy) is 2. The zero-order chi connectivity index (χ0) is 22.4. The maximum absolute atomic E-state index is 12.4. The van der Waals surface area contributed by atoms with Gasteiger partial charge in [0, 0.05) is 31.1 Å². The summed E-state index contributed by atoms with van der Waals surface area (Å²) in [7, 11) is 1.45. The molecule has 0 aromatic heterocycles. The number of nitrogens with zero attached hydrogens (tertiary/aromatic N) is 2. The molecular formula is C24H28N2O5. The molecule has 0 amide bonds. The second-order valence-corrected chi connectivity index (χ2v) is 7.66. The van der Waals surface area contributed by atoms with Crippen molar-refractivity contribution in [3.05, 3.63) is 68.8 Å². The Morgan fingerprint density at radius 1 is 1.26 bits per heavy atom. The third-order valence-electron chi connectivity index (χ3n) is 5.40. The van der Waals surface area contributed by atoms with Crippen LogP contribution < -0.4 is 9.47 Å². The summed E-state index contributed by atoms with van der Waals surface area (Å²) in [6.07, 6.45) is 3.20. The van der Waals surface area contributed by atoms with Crippen LogP contribution in [0.4, 0.5) is 5.69 Å². The Morgan fingerprint density at radius 3 is 2.71 bits per heavy atom. The molecule has 1 saturated heterocycles. The number of nitro benzene ring substituents is 1. The van der Waals surface area contributed by atoms with Gasteiger partial charge >= 0.3 is 5.69 Å². The van der Waals surface area contributed by atoms with E-state index in [-0.39, 0.29) is 29.6 Å². The first kappa shape index (κ1) is 22.5. The fraction of sp³-hybridized carbons (Fsp3) is 0.375. The monoisotopic (exact) mass is 424 g/mol. The highest BCUT2D eigenvalue weighted by atomic mass is 16.6. The van der Waals surface area contributed by atoms with Crippen molar-refractivity contribution in [3.8, 4) is 11.5 Å². The first-order valence-electron chi connectivity index (χ1n) is 10.4. The zero-order valence-electron chi connectivity index (χ0n) is 18.2. The van der Waals surface area contributed by atoms with Crippen LogP contribution in [-0.4, -0.2) is 42.4 Å². The molecule has 7 heteroatoms. The molecule has 0 saturated carbocycles. The van der Waals surface area contributed by atoms with Gasteiger partial charge in [-0.15, -0.1) is 0 Å². The number of hydrogen-bond donors (Lipinski definition) is 0. The number of benzene rings is 2. The molecule has 1 heterocycles. The predicted molar refractivity (Wildman–Crippen MR) is 119 cm³/mol. The van der Waals surface area contributed by atoms with Crippen molar-refractivity contribution in [1.29, 1.82) is 0 Å². The number of carbonyl (C=O) groups excluding carboxylic acids is 1. The molecule has 1 fully saturated rings. The van der Waals surface area contributed by atoms with Crippen molar-refractivity contribution in [3.63, 3.8) is 0 Å². The molecule has 2 aromatic carbocycles. The molecule has 0 spiro atoms. The van der Waals surface area contributed by atoms with Crippen molar-refractivity contribution in [2.75, 3.05) is 26.7 Å². The SMILES string of the molecule is CCCN1CCC(=O)/C(=C/c2cc(OC)c(OCc3ccccc3C)c([N+](=O)[O-])c2)C1. The van der Waals surface area contributed by atoms with Crippen LogP contribution in [0.3, 0.4) is 0 Å². The first-order valence-corrected chi connectivity index (χ1v) is 10.4. The predicted octanol–water partition coefficient (Wildman–Crippen LogP) is 4.56. The second kappa shape index (κ2) is 10.2. The third-order valence-corrected chi connectivity index (χ3v) is 5.40. The van der Waals surface area contributed by atoms with Crippen LogP contribution in [0.2, 0.25) is 0 Å². The van der Waals surface area contributed by atoms with E-state index in [0.29, 0.717) is 24.1 Å². The molecule has 0 aliphatic carbocycles. The number of aryl methyl sites for hydroxylation is 1. The van der Waals surface area contributed by atoms with Crippen molar-refractivity contribution < 1.29 is 19.2 Å². The summed E-state index contributed by atoms with van der Waals surface area (Å²) in [6, 6.07) is 10.8. The van der Waals surface area contributed by atoms with Crippen molar-refractivity contribution in [2.24, 2.45) is 0 Å². The van der Waals surface area contributed by atoms with E-state index in [1.165, 1.54) is 13.2 Å². The first-order chi connectivity index (χ1) is 14.9. The Labute approximate surface area is 182 Å². The third kappa shape index (κ3) is 5.49. The maximum atomic E-state index is 12.4. The number of ketones is 1. The Balaban J connectivity index is 1.93. The Bertz CT molecular complexity index is 999. The average molecular weight is 424 g/mol. The van der Waals surface area contributed by atoms with Crippen LogP contribution in [0.1, 0.15) is 36.5 Å². The molecule has 164 valence electrons. The molecule has 0 unspecified atom stereocenters. The van der Waals surface area contributed by atoms with Gasteiger partial charge < -0.3 is 9.47 Å². The van der Waals surface area contributed by atoms with Gasteiger partial charge in [-0.3, -0.25) is 19.8 Å². The second-order valence-electron chi connectivity index (χ2n) is 7.66. The molecule has 1 aliphatic rings. The number of likely N-dealkylation sites (tertiary alicyclic amines) is 1. The molecule has 1 aliphatic heterocycles. The lowest BCUT2D eigenvalue weighted by molar-refractivity contribution is -0.386. The van der Waals surface area contributed by atoms with Crippen LogP contribution in [-0.2, 0) is 11.4 Å². The van der Waals surface area contributed by atoms with Gasteiger partial charge in [0.2, 0.25) is 5.75 Å². The molecular weight excluding hydrogens is 396 g/mol. The number of hydrogen-bond acceptors (Lipinski definition) is 6. The lowest BCUT2D eigenvalue weighted by Gasteiger charge is -2.27. The summed E-state index contributed by atoms with van der Waals surface area (Å²) >= 11 is 0. The Morgan fingerprint density at radius 2 is 2.03 bits per heavy atom. The quantitative estimate of drug-likeness (QED) is 0.351.